The molecule has 0 aliphatic heterocycles. The molecule has 178 valence electrons. The topological polar surface area (TPSA) is 0 Å². The fourth-order valence-electron chi connectivity index (χ4n) is 5.64. The predicted molar refractivity (Wildman–Crippen MR) is 148 cm³/mol. The Morgan fingerprint density at radius 1 is 0.647 bits per heavy atom. The zero-order valence-electron chi connectivity index (χ0n) is 21.4. The summed E-state index contributed by atoms with van der Waals surface area (Å²) in [4.78, 5) is 0. The normalized spacial score (nSPS) is 17.9. The van der Waals surface area contributed by atoms with Gasteiger partial charge in [0.15, 0.2) is 0 Å². The molecule has 3 aromatic carbocycles. The van der Waals surface area contributed by atoms with Crippen LogP contribution in [0.5, 0.6) is 0 Å². The predicted octanol–water partition coefficient (Wildman–Crippen LogP) is 9.83. The second-order valence-electron chi connectivity index (χ2n) is 10.4. The van der Waals surface area contributed by atoms with Crippen LogP contribution in [0.1, 0.15) is 113 Å². The minimum Gasteiger partial charge on any atom is -0.0654 e. The van der Waals surface area contributed by atoms with Gasteiger partial charge >= 0.3 is 0 Å². The number of aryl methyl sites for hydroxylation is 1. The van der Waals surface area contributed by atoms with Crippen LogP contribution in [0.15, 0.2) is 60.7 Å². The van der Waals surface area contributed by atoms with Gasteiger partial charge in [-0.15, -0.1) is 0 Å². The first-order valence-electron chi connectivity index (χ1n) is 13.9. The molecule has 0 bridgehead atoms. The van der Waals surface area contributed by atoms with Crippen molar-refractivity contribution in [3.8, 4) is 11.8 Å². The summed E-state index contributed by atoms with van der Waals surface area (Å²) < 4.78 is 0. The van der Waals surface area contributed by atoms with Gasteiger partial charge in [0.05, 0.1) is 0 Å². The van der Waals surface area contributed by atoms with E-state index in [0.717, 1.165) is 23.0 Å². The molecule has 0 N–H and O–H groups in total. The summed E-state index contributed by atoms with van der Waals surface area (Å²) in [5.41, 5.74) is 5.18. The Kier molecular flexibility index (Phi) is 9.27. The highest BCUT2D eigenvalue weighted by molar-refractivity contribution is 5.84. The lowest BCUT2D eigenvalue weighted by atomic mass is 9.77. The van der Waals surface area contributed by atoms with Gasteiger partial charge in [-0.3, -0.25) is 0 Å². The van der Waals surface area contributed by atoms with Gasteiger partial charge in [0, 0.05) is 11.1 Å². The molecule has 0 atom stereocenters. The second-order valence-corrected chi connectivity index (χ2v) is 10.4. The van der Waals surface area contributed by atoms with Gasteiger partial charge in [-0.05, 0) is 96.5 Å². The second kappa shape index (κ2) is 12.8. The van der Waals surface area contributed by atoms with Crippen molar-refractivity contribution in [1.29, 1.82) is 0 Å². The number of fused-ring (bicyclic) bond motifs is 1. The van der Waals surface area contributed by atoms with Gasteiger partial charge in [-0.1, -0.05) is 101 Å². The Balaban J connectivity index is 1.34. The minimum absolute atomic E-state index is 0.747. The Bertz CT molecular complexity index is 1080. The zero-order valence-corrected chi connectivity index (χ0v) is 21.4. The maximum Gasteiger partial charge on any atom is 0.0255 e. The molecule has 3 aromatic rings. The molecule has 1 aliphatic carbocycles. The molecule has 0 radical (unpaired) electrons. The van der Waals surface area contributed by atoms with E-state index in [4.69, 9.17) is 0 Å². The van der Waals surface area contributed by atoms with Crippen LogP contribution in [0.25, 0.3) is 10.8 Å². The Hall–Kier alpha value is -2.52. The first kappa shape index (κ1) is 24.6. The summed E-state index contributed by atoms with van der Waals surface area (Å²) in [6.07, 6.45) is 16.2. The SMILES string of the molecule is CCCCCCCc1ccc2cc(C#Cc3ccc(C4CCC(CCC)CC4)cc3)ccc2c1. The van der Waals surface area contributed by atoms with E-state index >= 15 is 0 Å². The number of hydrogen-bond donors (Lipinski definition) is 0. The summed E-state index contributed by atoms with van der Waals surface area (Å²) >= 11 is 0. The minimum atomic E-state index is 0.747. The van der Waals surface area contributed by atoms with Crippen LogP contribution in [0.3, 0.4) is 0 Å². The molecule has 1 saturated carbocycles. The molecule has 0 unspecified atom stereocenters. The van der Waals surface area contributed by atoms with Crippen molar-refractivity contribution in [3.63, 3.8) is 0 Å². The van der Waals surface area contributed by atoms with Crippen molar-refractivity contribution >= 4 is 10.8 Å². The molecular formula is C34H42. The van der Waals surface area contributed by atoms with Crippen LogP contribution in [0.2, 0.25) is 0 Å². The Morgan fingerprint density at radius 2 is 1.32 bits per heavy atom. The van der Waals surface area contributed by atoms with Gasteiger partial charge in [-0.2, -0.15) is 0 Å². The van der Waals surface area contributed by atoms with Crippen LogP contribution < -0.4 is 0 Å². The van der Waals surface area contributed by atoms with E-state index in [9.17, 15) is 0 Å². The molecule has 0 aromatic heterocycles. The van der Waals surface area contributed by atoms with Crippen molar-refractivity contribution < 1.29 is 0 Å². The van der Waals surface area contributed by atoms with E-state index in [1.165, 1.54) is 98.9 Å². The summed E-state index contributed by atoms with van der Waals surface area (Å²) in [6, 6.07) is 22.6. The smallest absolute Gasteiger partial charge is 0.0255 e. The van der Waals surface area contributed by atoms with E-state index in [0.29, 0.717) is 0 Å². The van der Waals surface area contributed by atoms with Gasteiger partial charge < -0.3 is 0 Å². The standard InChI is InChI=1S/C34H42/c1-3-5-6-7-8-10-29-17-23-34-26-30(18-24-33(34)25-29)12-11-28-15-21-32(22-16-28)31-19-13-27(9-4-2)14-20-31/h15-18,21-27,31H,3-10,13-14,19-20H2,1-2H3. The molecule has 0 amide bonds. The molecule has 0 heterocycles. The van der Waals surface area contributed by atoms with E-state index < -0.39 is 0 Å². The number of benzene rings is 3. The van der Waals surface area contributed by atoms with Crippen LogP contribution in [-0.4, -0.2) is 0 Å². The van der Waals surface area contributed by atoms with Gasteiger partial charge in [0.1, 0.15) is 0 Å². The molecule has 0 heteroatoms. The molecular weight excluding hydrogens is 408 g/mol. The maximum absolute atomic E-state index is 3.39. The van der Waals surface area contributed by atoms with E-state index in [1.807, 2.05) is 0 Å². The average molecular weight is 451 g/mol. The quantitative estimate of drug-likeness (QED) is 0.225. The molecule has 0 spiro atoms. The molecule has 0 saturated heterocycles. The lowest BCUT2D eigenvalue weighted by Crippen LogP contribution is -2.13. The van der Waals surface area contributed by atoms with E-state index in [2.05, 4.69) is 86.4 Å². The summed E-state index contributed by atoms with van der Waals surface area (Å²) in [7, 11) is 0. The number of unbranched alkanes of at least 4 members (excludes halogenated alkanes) is 4. The molecule has 0 nitrogen and oxygen atoms in total. The fraction of sp³-hybridized carbons (Fsp3) is 0.471. The van der Waals surface area contributed by atoms with Crippen molar-refractivity contribution in [2.75, 3.05) is 0 Å². The van der Waals surface area contributed by atoms with Gasteiger partial charge in [-0.25, -0.2) is 0 Å². The van der Waals surface area contributed by atoms with Crippen molar-refractivity contribution in [3.05, 3.63) is 82.9 Å². The first-order chi connectivity index (χ1) is 16.7. The summed E-state index contributed by atoms with van der Waals surface area (Å²) in [6.45, 7) is 4.59. The van der Waals surface area contributed by atoms with Crippen LogP contribution in [0, 0.1) is 17.8 Å². The van der Waals surface area contributed by atoms with Crippen LogP contribution in [0.4, 0.5) is 0 Å². The van der Waals surface area contributed by atoms with Crippen LogP contribution in [-0.2, 0) is 6.42 Å². The first-order valence-corrected chi connectivity index (χ1v) is 13.9. The largest absolute Gasteiger partial charge is 0.0654 e. The zero-order chi connectivity index (χ0) is 23.6. The highest BCUT2D eigenvalue weighted by Crippen LogP contribution is 2.37. The molecule has 4 rings (SSSR count). The lowest BCUT2D eigenvalue weighted by Gasteiger charge is -2.28. The average Bonchev–Trinajstić information content (AvgIpc) is 2.88. The van der Waals surface area contributed by atoms with Gasteiger partial charge in [0.25, 0.3) is 0 Å². The number of hydrogen-bond acceptors (Lipinski definition) is 0. The van der Waals surface area contributed by atoms with E-state index in [-0.39, 0.29) is 0 Å². The number of rotatable bonds is 9. The van der Waals surface area contributed by atoms with Gasteiger partial charge in [0.2, 0.25) is 0 Å². The molecule has 34 heavy (non-hydrogen) atoms. The monoisotopic (exact) mass is 450 g/mol. The fourth-order valence-corrected chi connectivity index (χ4v) is 5.64. The maximum atomic E-state index is 3.39. The molecule has 1 fully saturated rings. The highest BCUT2D eigenvalue weighted by Gasteiger charge is 2.21. The van der Waals surface area contributed by atoms with Crippen molar-refractivity contribution in [2.45, 2.75) is 96.8 Å². The third-order valence-electron chi connectivity index (χ3n) is 7.75. The Labute approximate surface area is 208 Å². The molecule has 1 aliphatic rings. The third-order valence-corrected chi connectivity index (χ3v) is 7.75. The lowest BCUT2D eigenvalue weighted by molar-refractivity contribution is 0.308. The highest BCUT2D eigenvalue weighted by atomic mass is 14.3. The van der Waals surface area contributed by atoms with Crippen LogP contribution >= 0.6 is 0 Å². The summed E-state index contributed by atoms with van der Waals surface area (Å²) in [5, 5.41) is 2.62. The van der Waals surface area contributed by atoms with Crippen molar-refractivity contribution in [2.24, 2.45) is 5.92 Å². The third kappa shape index (κ3) is 6.99. The summed E-state index contributed by atoms with van der Waals surface area (Å²) in [5.74, 6) is 8.49. The van der Waals surface area contributed by atoms with E-state index in [1.54, 1.807) is 0 Å². The Morgan fingerprint density at radius 3 is 2.09 bits per heavy atom. The van der Waals surface area contributed by atoms with Crippen molar-refractivity contribution in [1.82, 2.24) is 0 Å².